The van der Waals surface area contributed by atoms with Crippen molar-refractivity contribution < 1.29 is 28.9 Å². The van der Waals surface area contributed by atoms with E-state index in [1.54, 1.807) is 7.11 Å². The maximum atomic E-state index is 14.1. The molecule has 7 nitrogen and oxygen atoms in total. The minimum Gasteiger partial charge on any atom is -0.493 e. The molecule has 2 aliphatic rings. The summed E-state index contributed by atoms with van der Waals surface area (Å²) < 4.78 is 18.2. The summed E-state index contributed by atoms with van der Waals surface area (Å²) in [5.41, 5.74) is 3.32. The first-order valence-corrected chi connectivity index (χ1v) is 13.6. The van der Waals surface area contributed by atoms with E-state index < -0.39 is 18.1 Å². The van der Waals surface area contributed by atoms with Gasteiger partial charge in [0.1, 0.15) is 12.6 Å². The largest absolute Gasteiger partial charge is 0.493 e. The van der Waals surface area contributed by atoms with Crippen molar-refractivity contribution in [2.75, 3.05) is 7.11 Å². The van der Waals surface area contributed by atoms with E-state index in [0.717, 1.165) is 41.5 Å². The molecular formula is C32H35NO6. The number of hydrogen-bond donors (Lipinski definition) is 1. The van der Waals surface area contributed by atoms with Gasteiger partial charge in [-0.1, -0.05) is 80.1 Å². The van der Waals surface area contributed by atoms with Crippen molar-refractivity contribution in [3.05, 3.63) is 95.1 Å². The Morgan fingerprint density at radius 1 is 1.00 bits per heavy atom. The number of rotatable bonds is 9. The van der Waals surface area contributed by atoms with Crippen LogP contribution in [-0.4, -0.2) is 41.1 Å². The molecule has 0 unspecified atom stereocenters. The van der Waals surface area contributed by atoms with Crippen LogP contribution < -0.4 is 9.47 Å². The maximum absolute atomic E-state index is 14.1. The highest BCUT2D eigenvalue weighted by Crippen LogP contribution is 2.40. The molecular weight excluding hydrogens is 494 g/mol. The maximum Gasteiger partial charge on any atom is 0.326 e. The lowest BCUT2D eigenvalue weighted by molar-refractivity contribution is -0.161. The quantitative estimate of drug-likeness (QED) is 0.391. The Morgan fingerprint density at radius 3 is 2.36 bits per heavy atom. The van der Waals surface area contributed by atoms with Gasteiger partial charge in [-0.3, -0.25) is 4.79 Å². The van der Waals surface area contributed by atoms with Crippen molar-refractivity contribution in [1.29, 1.82) is 0 Å². The Morgan fingerprint density at radius 2 is 1.72 bits per heavy atom. The molecule has 7 heteroatoms. The Kier molecular flexibility index (Phi) is 8.17. The number of nitrogens with zero attached hydrogens (tertiary/aromatic N) is 1. The van der Waals surface area contributed by atoms with Crippen LogP contribution >= 0.6 is 0 Å². The summed E-state index contributed by atoms with van der Waals surface area (Å²) in [5, 5.41) is 10.3. The molecule has 0 radical (unpaired) electrons. The first-order chi connectivity index (χ1) is 19.0. The fourth-order valence-electron chi connectivity index (χ4n) is 5.66. The van der Waals surface area contributed by atoms with E-state index in [1.165, 1.54) is 4.90 Å². The number of carboxylic acids is 1. The predicted octanol–water partition coefficient (Wildman–Crippen LogP) is 5.56. The van der Waals surface area contributed by atoms with Gasteiger partial charge in [0.15, 0.2) is 17.6 Å². The lowest BCUT2D eigenvalue weighted by Gasteiger charge is -2.38. The van der Waals surface area contributed by atoms with Crippen molar-refractivity contribution in [2.45, 2.75) is 64.0 Å². The highest BCUT2D eigenvalue weighted by molar-refractivity contribution is 5.88. The molecule has 5 rings (SSSR count). The summed E-state index contributed by atoms with van der Waals surface area (Å²) in [6.45, 7) is 2.60. The van der Waals surface area contributed by atoms with Crippen molar-refractivity contribution in [2.24, 2.45) is 5.92 Å². The number of carbonyl (C=O) groups excluding carboxylic acids is 1. The fraction of sp³-hybridized carbons (Fsp3) is 0.375. The molecule has 0 bridgehead atoms. The highest BCUT2D eigenvalue weighted by atomic mass is 16.5. The molecule has 39 heavy (non-hydrogen) atoms. The van der Waals surface area contributed by atoms with Crippen molar-refractivity contribution >= 4 is 11.9 Å². The van der Waals surface area contributed by atoms with Gasteiger partial charge in [-0.2, -0.15) is 0 Å². The average molecular weight is 530 g/mol. The summed E-state index contributed by atoms with van der Waals surface area (Å²) in [5.74, 6) is 0.00750. The van der Waals surface area contributed by atoms with Gasteiger partial charge < -0.3 is 24.2 Å². The Hall–Kier alpha value is -3.84. The molecule has 1 aliphatic heterocycles. The Balaban J connectivity index is 1.46. The first-order valence-electron chi connectivity index (χ1n) is 13.6. The zero-order chi connectivity index (χ0) is 27.4. The number of methoxy groups -OCH3 is 1. The van der Waals surface area contributed by atoms with Gasteiger partial charge in [0, 0.05) is 18.5 Å². The molecule has 3 aromatic carbocycles. The third-order valence-corrected chi connectivity index (χ3v) is 7.87. The van der Waals surface area contributed by atoms with Crippen LogP contribution in [0.5, 0.6) is 11.5 Å². The smallest absolute Gasteiger partial charge is 0.326 e. The molecule has 4 atom stereocenters. The van der Waals surface area contributed by atoms with Crippen molar-refractivity contribution in [1.82, 2.24) is 4.90 Å². The third-order valence-electron chi connectivity index (χ3n) is 7.87. The van der Waals surface area contributed by atoms with Crippen LogP contribution in [0.25, 0.3) is 0 Å². The van der Waals surface area contributed by atoms with Crippen LogP contribution in [0, 0.1) is 5.92 Å². The molecule has 1 saturated carbocycles. The average Bonchev–Trinajstić information content (AvgIpc) is 3.38. The molecule has 1 amide bonds. The fourth-order valence-corrected chi connectivity index (χ4v) is 5.66. The van der Waals surface area contributed by atoms with Crippen molar-refractivity contribution in [3.8, 4) is 11.5 Å². The van der Waals surface area contributed by atoms with E-state index in [2.05, 4.69) is 6.92 Å². The molecule has 0 aromatic heterocycles. The summed E-state index contributed by atoms with van der Waals surface area (Å²) in [4.78, 5) is 28.1. The number of carbonyl (C=O) groups is 2. The third kappa shape index (κ3) is 5.78. The summed E-state index contributed by atoms with van der Waals surface area (Å²) in [7, 11) is 1.57. The number of amides is 1. The molecule has 0 spiro atoms. The minimum absolute atomic E-state index is 0.0400. The second kappa shape index (κ2) is 11.9. The van der Waals surface area contributed by atoms with E-state index >= 15 is 0 Å². The van der Waals surface area contributed by atoms with Gasteiger partial charge in [-0.15, -0.1) is 0 Å². The van der Waals surface area contributed by atoms with Crippen LogP contribution in [-0.2, 0) is 33.9 Å². The lowest BCUT2D eigenvalue weighted by atomic mass is 9.91. The van der Waals surface area contributed by atoms with E-state index in [1.807, 2.05) is 72.8 Å². The molecule has 1 N–H and O–H groups in total. The number of hydrogen-bond acceptors (Lipinski definition) is 5. The standard InChI is InChI=1S/C32H35NO6/c1-21-10-9-15-27(21)39-29(23-13-7-4-8-14-23)31(34)33-19-24-16-17-28(37-2)30(25(24)18-26(33)32(35)36)38-20-22-11-5-3-6-12-22/h3-8,11-14,16-17,21,26-27,29H,9-10,15,18-20H2,1-2H3,(H,35,36)/t21-,26+,27-,29+/m0/s1. The van der Waals surface area contributed by atoms with Crippen LogP contribution in [0.1, 0.15) is 54.5 Å². The number of fused-ring (bicyclic) bond motifs is 1. The van der Waals surface area contributed by atoms with Crippen molar-refractivity contribution in [3.63, 3.8) is 0 Å². The predicted molar refractivity (Wildman–Crippen MR) is 147 cm³/mol. The zero-order valence-corrected chi connectivity index (χ0v) is 22.4. The second-order valence-corrected chi connectivity index (χ2v) is 10.4. The number of ether oxygens (including phenoxy) is 3. The van der Waals surface area contributed by atoms with E-state index in [-0.39, 0.29) is 25.0 Å². The van der Waals surface area contributed by atoms with Gasteiger partial charge >= 0.3 is 5.97 Å². The van der Waals surface area contributed by atoms with Crippen LogP contribution in [0.4, 0.5) is 0 Å². The Labute approximate surface area is 229 Å². The van der Waals surface area contributed by atoms with E-state index in [0.29, 0.717) is 24.0 Å². The topological polar surface area (TPSA) is 85.3 Å². The normalized spacial score (nSPS) is 21.2. The monoisotopic (exact) mass is 529 g/mol. The van der Waals surface area contributed by atoms with Crippen LogP contribution in [0.15, 0.2) is 72.8 Å². The highest BCUT2D eigenvalue weighted by Gasteiger charge is 2.41. The van der Waals surface area contributed by atoms with E-state index in [4.69, 9.17) is 14.2 Å². The molecule has 3 aromatic rings. The molecule has 0 saturated heterocycles. The Bertz CT molecular complexity index is 1290. The van der Waals surface area contributed by atoms with E-state index in [9.17, 15) is 14.7 Å². The summed E-state index contributed by atoms with van der Waals surface area (Å²) >= 11 is 0. The van der Waals surface area contributed by atoms with Gasteiger partial charge in [0.05, 0.1) is 13.2 Å². The SMILES string of the molecule is COc1ccc2c(c1OCc1ccccc1)C[C@H](C(=O)O)N(C(=O)[C@H](O[C@H]1CCC[C@@H]1C)c1ccccc1)C2. The number of carboxylic acid groups (broad SMARTS) is 1. The number of aliphatic carboxylic acids is 1. The second-order valence-electron chi connectivity index (χ2n) is 10.4. The zero-order valence-electron chi connectivity index (χ0n) is 22.4. The van der Waals surface area contributed by atoms with Gasteiger partial charge in [0.25, 0.3) is 5.91 Å². The molecule has 204 valence electrons. The first kappa shape index (κ1) is 26.8. The lowest BCUT2D eigenvalue weighted by Crippen LogP contribution is -2.51. The van der Waals surface area contributed by atoms with Crippen LogP contribution in [0.3, 0.4) is 0 Å². The summed E-state index contributed by atoms with van der Waals surface area (Å²) in [6, 6.07) is 21.8. The van der Waals surface area contributed by atoms with Gasteiger partial charge in [0.2, 0.25) is 0 Å². The van der Waals surface area contributed by atoms with Crippen LogP contribution in [0.2, 0.25) is 0 Å². The number of benzene rings is 3. The van der Waals surface area contributed by atoms with Gasteiger partial charge in [-0.25, -0.2) is 4.79 Å². The minimum atomic E-state index is -1.06. The molecule has 1 aliphatic carbocycles. The molecule has 1 fully saturated rings. The van der Waals surface area contributed by atoms with Gasteiger partial charge in [-0.05, 0) is 41.5 Å². The molecule has 1 heterocycles. The summed E-state index contributed by atoms with van der Waals surface area (Å²) in [6.07, 6.45) is 2.21.